The predicted octanol–water partition coefficient (Wildman–Crippen LogP) is 0.00470. The topological polar surface area (TPSA) is 212 Å². The van der Waals surface area contributed by atoms with Gasteiger partial charge < -0.3 is 45.8 Å². The van der Waals surface area contributed by atoms with Gasteiger partial charge in [-0.3, -0.25) is 0 Å². The molecule has 0 aromatic carbocycles. The van der Waals surface area contributed by atoms with Crippen molar-refractivity contribution < 1.29 is 47.3 Å². The van der Waals surface area contributed by atoms with Gasteiger partial charge in [-0.05, 0) is 20.8 Å². The molecule has 12 heteroatoms. The Labute approximate surface area is 159 Å². The maximum Gasteiger partial charge on any atom is 4.00 e. The third-order valence-corrected chi connectivity index (χ3v) is 0. The van der Waals surface area contributed by atoms with Crippen molar-refractivity contribution in [2.75, 3.05) is 19.8 Å². The van der Waals surface area contributed by atoms with Crippen LogP contribution in [0.3, 0.4) is 0 Å². The number of hydrogen-bond donors (Lipinski definition) is 3. The molecule has 0 radical (unpaired) electrons. The molecule has 0 fully saturated rings. The van der Waals surface area contributed by atoms with Gasteiger partial charge in [0.25, 0.3) is 0 Å². The van der Waals surface area contributed by atoms with Gasteiger partial charge in [-0.25, -0.2) is 0 Å². The van der Waals surface area contributed by atoms with Crippen LogP contribution in [0.4, 0.5) is 0 Å². The van der Waals surface area contributed by atoms with Crippen molar-refractivity contribution in [2.45, 2.75) is 60.7 Å². The van der Waals surface area contributed by atoms with Gasteiger partial charge in [0.1, 0.15) is 0 Å². The largest absolute Gasteiger partial charge is 4.00 e. The number of rotatable bonds is 0. The molecule has 0 aromatic heterocycles. The Balaban J connectivity index is -0.0000000207. The number of aliphatic hydroxyl groups is 3. The van der Waals surface area contributed by atoms with Crippen molar-refractivity contribution in [3.05, 3.63) is 20.2 Å². The zero-order valence-corrected chi connectivity index (χ0v) is 17.0. The van der Waals surface area contributed by atoms with Crippen LogP contribution in [0.2, 0.25) is 0 Å². The van der Waals surface area contributed by atoms with E-state index in [0.29, 0.717) is 0 Å². The van der Waals surface area contributed by atoms with Crippen molar-refractivity contribution in [1.82, 2.24) is 0 Å². The summed E-state index contributed by atoms with van der Waals surface area (Å²) in [5.74, 6) is 0. The maximum atomic E-state index is 9.53. The third kappa shape index (κ3) is 18700. The van der Waals surface area contributed by atoms with Crippen LogP contribution in [0.5, 0.6) is 0 Å². The first-order chi connectivity index (χ1) is 10.5. The van der Waals surface area contributed by atoms with Crippen LogP contribution in [0, 0.1) is 20.2 Å². The van der Waals surface area contributed by atoms with E-state index in [1.807, 2.05) is 0 Å². The van der Waals surface area contributed by atoms with E-state index in [-0.39, 0.29) is 41.5 Å². The molecule has 0 bridgehead atoms. The van der Waals surface area contributed by atoms with Crippen LogP contribution in [-0.4, -0.2) is 47.3 Å². The summed E-state index contributed by atoms with van der Waals surface area (Å²) >= 11 is 0. The molecular formula is C12H32N2O9Ti. The summed E-state index contributed by atoms with van der Waals surface area (Å²) in [5.41, 5.74) is 0. The van der Waals surface area contributed by atoms with E-state index in [2.05, 4.69) is 0 Å². The summed E-state index contributed by atoms with van der Waals surface area (Å²) in [5, 5.41) is 59.8. The van der Waals surface area contributed by atoms with E-state index in [9.17, 15) is 10.2 Å². The average molecular weight is 396 g/mol. The van der Waals surface area contributed by atoms with Gasteiger partial charge in [0.15, 0.2) is 0 Å². The van der Waals surface area contributed by atoms with Gasteiger partial charge in [-0.15, -0.1) is 22.9 Å². The Hall–Kier alpha value is -0.686. The van der Waals surface area contributed by atoms with Gasteiger partial charge in [0, 0.05) is 19.8 Å². The van der Waals surface area contributed by atoms with Crippen molar-refractivity contribution in [3.63, 3.8) is 0 Å². The minimum absolute atomic E-state index is 0. The van der Waals surface area contributed by atoms with Gasteiger partial charge in [0.2, 0.25) is 0 Å². The van der Waals surface area contributed by atoms with Crippen LogP contribution >= 0.6 is 0 Å². The monoisotopic (exact) mass is 396 g/mol. The summed E-state index contributed by atoms with van der Waals surface area (Å²) in [4.78, 5) is 16.0. The van der Waals surface area contributed by atoms with Crippen molar-refractivity contribution in [3.8, 4) is 0 Å². The van der Waals surface area contributed by atoms with Gasteiger partial charge in [-0.1, -0.05) is 27.7 Å². The Morgan fingerprint density at radius 1 is 0.708 bits per heavy atom. The van der Waals surface area contributed by atoms with E-state index in [4.69, 9.17) is 35.5 Å². The Bertz CT molecular complexity index is 123. The van der Waals surface area contributed by atoms with Crippen LogP contribution < -0.4 is 10.2 Å². The average Bonchev–Trinajstić information content (AvgIpc) is 2.31. The fraction of sp³-hybridized carbons (Fsp3) is 1.00. The van der Waals surface area contributed by atoms with Crippen molar-refractivity contribution in [1.29, 1.82) is 0 Å². The van der Waals surface area contributed by atoms with Crippen molar-refractivity contribution >= 4 is 0 Å². The molecule has 0 amide bonds. The van der Waals surface area contributed by atoms with Gasteiger partial charge in [-0.2, -0.15) is 0 Å². The second-order valence-electron chi connectivity index (χ2n) is 3.20. The number of hydrogen-bond acceptors (Lipinski definition) is 11. The molecule has 0 heterocycles. The van der Waals surface area contributed by atoms with Gasteiger partial charge in [0.05, 0.1) is 0 Å². The molecule has 0 saturated carbocycles. The molecule has 0 unspecified atom stereocenters. The molecule has 3 N–H and O–H groups in total. The van der Waals surface area contributed by atoms with E-state index in [1.165, 1.54) is 0 Å². The van der Waals surface area contributed by atoms with E-state index < -0.39 is 12.2 Å². The van der Waals surface area contributed by atoms with E-state index in [1.54, 1.807) is 48.5 Å². The van der Waals surface area contributed by atoms with E-state index in [0.717, 1.165) is 10.7 Å². The summed E-state index contributed by atoms with van der Waals surface area (Å²) in [6.45, 7) is 12.2. The first-order valence-electron chi connectivity index (χ1n) is 6.58. The molecule has 11 nitrogen and oxygen atoms in total. The number of nitrogens with zero attached hydrogens (tertiary/aromatic N) is 2. The van der Waals surface area contributed by atoms with Gasteiger partial charge >= 0.3 is 21.7 Å². The summed E-state index contributed by atoms with van der Waals surface area (Å²) in [6, 6.07) is 0. The summed E-state index contributed by atoms with van der Waals surface area (Å²) in [6.07, 6.45) is -0.833. The molecular weight excluding hydrogens is 364 g/mol. The molecule has 0 aliphatic carbocycles. The molecule has 148 valence electrons. The SMILES string of the molecule is CC(C)[O-].CC(C)[O-].CCO.CCO.CCO.O=N[O-].O=N[O-].[Ti+4]. The van der Waals surface area contributed by atoms with Crippen LogP contribution in [0.1, 0.15) is 48.5 Å². The Morgan fingerprint density at radius 2 is 0.708 bits per heavy atom. The molecule has 0 aromatic rings. The first-order valence-corrected chi connectivity index (χ1v) is 6.58. The fourth-order valence-electron chi connectivity index (χ4n) is 0. The molecule has 0 spiro atoms. The molecule has 24 heavy (non-hydrogen) atoms. The second kappa shape index (κ2) is 95.3. The maximum absolute atomic E-state index is 9.53. The van der Waals surface area contributed by atoms with Crippen LogP contribution in [0.25, 0.3) is 0 Å². The standard InChI is InChI=1S/2C3H7O.3C2H6O.2HNO2.Ti/c2*1-3(2)4;3*1-2-3;2*2-1-3;/h2*3H,1-2H3;3*3H,2H2,1H3;2*(H,2,3);/q2*-1;;;;;;+4/p-2. The second-order valence-corrected chi connectivity index (χ2v) is 3.20. The quantitative estimate of drug-likeness (QED) is 0.285. The smallest absolute Gasteiger partial charge is 0.852 e. The minimum atomic E-state index is -0.417. The normalized spacial score (nSPS) is 6.25. The summed E-state index contributed by atoms with van der Waals surface area (Å²) < 4.78 is 0. The van der Waals surface area contributed by atoms with E-state index >= 15 is 0 Å². The number of aliphatic hydroxyl groups excluding tert-OH is 3. The zero-order valence-electron chi connectivity index (χ0n) is 15.5. The van der Waals surface area contributed by atoms with Crippen LogP contribution in [0.15, 0.2) is 10.7 Å². The fourth-order valence-corrected chi connectivity index (χ4v) is 0. The molecule has 0 atom stereocenters. The van der Waals surface area contributed by atoms with Crippen LogP contribution in [-0.2, 0) is 21.7 Å². The first kappa shape index (κ1) is 49.5. The Morgan fingerprint density at radius 3 is 0.708 bits per heavy atom. The molecule has 0 rings (SSSR count). The third-order valence-electron chi connectivity index (χ3n) is 0. The molecule has 0 aliphatic heterocycles. The Kier molecular flexibility index (Phi) is 197. The molecule has 0 aliphatic rings. The predicted molar refractivity (Wildman–Crippen MR) is 86.9 cm³/mol. The zero-order chi connectivity index (χ0) is 20.7. The minimum Gasteiger partial charge on any atom is -0.852 e. The molecule has 0 saturated heterocycles. The van der Waals surface area contributed by atoms with Crippen molar-refractivity contribution in [2.24, 2.45) is 10.7 Å². The summed E-state index contributed by atoms with van der Waals surface area (Å²) in [7, 11) is 0.